The Morgan fingerprint density at radius 2 is 1.76 bits per heavy atom. The van der Waals surface area contributed by atoms with Crippen molar-refractivity contribution in [1.29, 1.82) is 0 Å². The second kappa shape index (κ2) is 5.73. The van der Waals surface area contributed by atoms with E-state index in [4.69, 9.17) is 18.0 Å². The van der Waals surface area contributed by atoms with Crippen molar-refractivity contribution in [3.63, 3.8) is 0 Å². The Bertz CT molecular complexity index is 681. The number of anilines is 2. The van der Waals surface area contributed by atoms with Gasteiger partial charge in [-0.2, -0.15) is 13.2 Å². The van der Waals surface area contributed by atoms with Crippen molar-refractivity contribution in [2.75, 3.05) is 5.32 Å². The van der Waals surface area contributed by atoms with Gasteiger partial charge >= 0.3 is 6.18 Å². The predicted molar refractivity (Wildman–Crippen MR) is 81.8 cm³/mol. The molecular formula is C15H13F3N2S. The minimum atomic E-state index is -4.36. The van der Waals surface area contributed by atoms with Crippen molar-refractivity contribution in [2.24, 2.45) is 5.73 Å². The standard InChI is InChI=1S/C15H13F3N2S/c1-9-7-12(5-6-13(9)14(19)21)20-11-4-2-3-10(8-11)15(16,17)18/h2-8,20H,1H3,(H2,19,21). The van der Waals surface area contributed by atoms with Crippen molar-refractivity contribution in [3.05, 3.63) is 59.2 Å². The van der Waals surface area contributed by atoms with Crippen LogP contribution < -0.4 is 11.1 Å². The zero-order chi connectivity index (χ0) is 15.6. The molecule has 0 aliphatic rings. The van der Waals surface area contributed by atoms with Gasteiger partial charge in [0, 0.05) is 16.9 Å². The van der Waals surface area contributed by atoms with Gasteiger partial charge in [0.2, 0.25) is 0 Å². The summed E-state index contributed by atoms with van der Waals surface area (Å²) in [5, 5.41) is 2.94. The van der Waals surface area contributed by atoms with Gasteiger partial charge in [-0.1, -0.05) is 18.3 Å². The highest BCUT2D eigenvalue weighted by atomic mass is 32.1. The molecule has 0 amide bonds. The number of rotatable bonds is 3. The number of thiocarbonyl (C=S) groups is 1. The molecule has 0 saturated carbocycles. The van der Waals surface area contributed by atoms with E-state index in [1.165, 1.54) is 6.07 Å². The molecule has 0 aromatic heterocycles. The van der Waals surface area contributed by atoms with E-state index in [0.29, 0.717) is 11.4 Å². The second-order valence-corrected chi connectivity index (χ2v) is 5.04. The number of nitrogens with two attached hydrogens (primary N) is 1. The lowest BCUT2D eigenvalue weighted by Crippen LogP contribution is -2.11. The molecule has 2 aromatic carbocycles. The highest BCUT2D eigenvalue weighted by Gasteiger charge is 2.30. The van der Waals surface area contributed by atoms with E-state index in [9.17, 15) is 13.2 Å². The quantitative estimate of drug-likeness (QED) is 0.826. The second-order valence-electron chi connectivity index (χ2n) is 4.60. The van der Waals surface area contributed by atoms with Crippen molar-refractivity contribution >= 4 is 28.6 Å². The lowest BCUT2D eigenvalue weighted by molar-refractivity contribution is -0.137. The molecular weight excluding hydrogens is 297 g/mol. The van der Waals surface area contributed by atoms with E-state index >= 15 is 0 Å². The lowest BCUT2D eigenvalue weighted by atomic mass is 10.1. The van der Waals surface area contributed by atoms with Crippen LogP contribution in [-0.2, 0) is 6.18 Å². The normalized spacial score (nSPS) is 11.2. The first kappa shape index (κ1) is 15.3. The minimum Gasteiger partial charge on any atom is -0.389 e. The van der Waals surface area contributed by atoms with Crippen LogP contribution in [0.1, 0.15) is 16.7 Å². The first-order valence-corrected chi connectivity index (χ1v) is 6.53. The molecule has 110 valence electrons. The summed E-state index contributed by atoms with van der Waals surface area (Å²) in [7, 11) is 0. The third kappa shape index (κ3) is 3.72. The Morgan fingerprint density at radius 1 is 1.10 bits per heavy atom. The van der Waals surface area contributed by atoms with Gasteiger partial charge < -0.3 is 11.1 Å². The summed E-state index contributed by atoms with van der Waals surface area (Å²) in [6.45, 7) is 1.84. The van der Waals surface area contributed by atoms with Crippen molar-refractivity contribution in [3.8, 4) is 0 Å². The molecule has 3 N–H and O–H groups in total. The third-order valence-corrected chi connectivity index (χ3v) is 3.19. The summed E-state index contributed by atoms with van der Waals surface area (Å²) >= 11 is 4.91. The smallest absolute Gasteiger partial charge is 0.389 e. The maximum Gasteiger partial charge on any atom is 0.416 e. The average molecular weight is 310 g/mol. The molecule has 0 heterocycles. The highest BCUT2D eigenvalue weighted by molar-refractivity contribution is 7.80. The molecule has 0 bridgehead atoms. The van der Waals surface area contributed by atoms with Crippen LogP contribution in [0.4, 0.5) is 24.5 Å². The molecule has 21 heavy (non-hydrogen) atoms. The summed E-state index contributed by atoms with van der Waals surface area (Å²) < 4.78 is 38.0. The minimum absolute atomic E-state index is 0.290. The Labute approximate surface area is 125 Å². The topological polar surface area (TPSA) is 38.0 Å². The molecule has 2 aromatic rings. The van der Waals surface area contributed by atoms with Crippen molar-refractivity contribution in [2.45, 2.75) is 13.1 Å². The number of hydrogen-bond acceptors (Lipinski definition) is 2. The average Bonchev–Trinajstić information content (AvgIpc) is 2.37. The van der Waals surface area contributed by atoms with E-state index < -0.39 is 11.7 Å². The Hall–Kier alpha value is -2.08. The predicted octanol–water partition coefficient (Wildman–Crippen LogP) is 4.39. The fourth-order valence-corrected chi connectivity index (χ4v) is 2.19. The molecule has 2 nitrogen and oxygen atoms in total. The van der Waals surface area contributed by atoms with Gasteiger partial charge in [0.1, 0.15) is 4.99 Å². The molecule has 0 saturated heterocycles. The molecule has 2 rings (SSSR count). The summed E-state index contributed by atoms with van der Waals surface area (Å²) in [5.41, 5.74) is 7.53. The number of alkyl halides is 3. The van der Waals surface area contributed by atoms with E-state index in [1.807, 2.05) is 6.92 Å². The first-order chi connectivity index (χ1) is 9.77. The molecule has 0 unspecified atom stereocenters. The van der Waals surface area contributed by atoms with Crippen LogP contribution in [0, 0.1) is 6.92 Å². The molecule has 0 radical (unpaired) electrons. The van der Waals surface area contributed by atoms with Crippen LogP contribution in [0.5, 0.6) is 0 Å². The summed E-state index contributed by atoms with van der Waals surface area (Å²) in [4.78, 5) is 0.290. The SMILES string of the molecule is Cc1cc(Nc2cccc(C(F)(F)F)c2)ccc1C(N)=S. The van der Waals surface area contributed by atoms with Gasteiger partial charge in [-0.05, 0) is 48.9 Å². The van der Waals surface area contributed by atoms with Gasteiger partial charge in [-0.15, -0.1) is 0 Å². The van der Waals surface area contributed by atoms with Gasteiger partial charge in [-0.3, -0.25) is 0 Å². The molecule has 0 spiro atoms. The molecule has 0 aliphatic heterocycles. The monoisotopic (exact) mass is 310 g/mol. The molecule has 0 fully saturated rings. The zero-order valence-electron chi connectivity index (χ0n) is 11.2. The van der Waals surface area contributed by atoms with Crippen LogP contribution in [0.15, 0.2) is 42.5 Å². The van der Waals surface area contributed by atoms with E-state index in [2.05, 4.69) is 5.32 Å². The highest BCUT2D eigenvalue weighted by Crippen LogP contribution is 2.31. The number of benzene rings is 2. The maximum absolute atomic E-state index is 12.7. The number of halogens is 3. The summed E-state index contributed by atoms with van der Waals surface area (Å²) in [6, 6.07) is 10.3. The van der Waals surface area contributed by atoms with E-state index in [1.54, 1.807) is 24.3 Å². The summed E-state index contributed by atoms with van der Waals surface area (Å²) in [5.74, 6) is 0. The summed E-state index contributed by atoms with van der Waals surface area (Å²) in [6.07, 6.45) is -4.36. The van der Waals surface area contributed by atoms with Gasteiger partial charge in [0.15, 0.2) is 0 Å². The van der Waals surface area contributed by atoms with Crippen LogP contribution in [0.3, 0.4) is 0 Å². The first-order valence-electron chi connectivity index (χ1n) is 6.12. The van der Waals surface area contributed by atoms with Gasteiger partial charge in [0.05, 0.1) is 5.56 Å². The van der Waals surface area contributed by atoms with Crippen LogP contribution >= 0.6 is 12.2 Å². The Kier molecular flexibility index (Phi) is 4.18. The molecule has 0 atom stereocenters. The fraction of sp³-hybridized carbons (Fsp3) is 0.133. The molecule has 0 aliphatic carbocycles. The van der Waals surface area contributed by atoms with Gasteiger partial charge in [0.25, 0.3) is 0 Å². The Balaban J connectivity index is 2.27. The lowest BCUT2D eigenvalue weighted by Gasteiger charge is -2.12. The third-order valence-electron chi connectivity index (χ3n) is 2.97. The number of hydrogen-bond donors (Lipinski definition) is 2. The van der Waals surface area contributed by atoms with Crippen LogP contribution in [-0.4, -0.2) is 4.99 Å². The van der Waals surface area contributed by atoms with Crippen LogP contribution in [0.2, 0.25) is 0 Å². The zero-order valence-corrected chi connectivity index (χ0v) is 12.0. The van der Waals surface area contributed by atoms with Gasteiger partial charge in [-0.25, -0.2) is 0 Å². The fourth-order valence-electron chi connectivity index (χ4n) is 1.96. The van der Waals surface area contributed by atoms with E-state index in [-0.39, 0.29) is 4.99 Å². The van der Waals surface area contributed by atoms with E-state index in [0.717, 1.165) is 23.3 Å². The number of nitrogens with one attached hydrogen (secondary N) is 1. The maximum atomic E-state index is 12.7. The largest absolute Gasteiger partial charge is 0.416 e. The molecule has 6 heteroatoms. The number of aryl methyl sites for hydroxylation is 1. The van der Waals surface area contributed by atoms with Crippen molar-refractivity contribution in [1.82, 2.24) is 0 Å². The van der Waals surface area contributed by atoms with Crippen molar-refractivity contribution < 1.29 is 13.2 Å². The Morgan fingerprint density at radius 3 is 2.33 bits per heavy atom. The van der Waals surface area contributed by atoms with Crippen LogP contribution in [0.25, 0.3) is 0 Å².